The van der Waals surface area contributed by atoms with Crippen LogP contribution in [0.2, 0.25) is 0 Å². The molecule has 2 nitrogen and oxygen atoms in total. The molecule has 84 valence electrons. The molecule has 15 heavy (non-hydrogen) atoms. The van der Waals surface area contributed by atoms with Crippen LogP contribution in [0.15, 0.2) is 0 Å². The summed E-state index contributed by atoms with van der Waals surface area (Å²) in [4.78, 5) is 0. The molecule has 0 radical (unpaired) electrons. The first-order chi connectivity index (χ1) is 7.35. The van der Waals surface area contributed by atoms with Gasteiger partial charge in [0.2, 0.25) is 0 Å². The van der Waals surface area contributed by atoms with E-state index in [9.17, 15) is 0 Å². The summed E-state index contributed by atoms with van der Waals surface area (Å²) < 4.78 is 5.34. The van der Waals surface area contributed by atoms with Crippen molar-refractivity contribution in [1.82, 2.24) is 0 Å². The van der Waals surface area contributed by atoms with Crippen molar-refractivity contribution in [2.45, 2.75) is 58.5 Å². The molecular formula is C13H21NO. The largest absolute Gasteiger partial charge is 0.351 e. The second-order valence-electron chi connectivity index (χ2n) is 3.53. The maximum absolute atomic E-state index is 8.77. The van der Waals surface area contributed by atoms with Crippen molar-refractivity contribution in [2.24, 2.45) is 0 Å². The van der Waals surface area contributed by atoms with Crippen LogP contribution >= 0.6 is 0 Å². The number of ether oxygens (including phenoxy) is 1. The molecule has 2 heteroatoms. The predicted octanol–water partition coefficient (Wildman–Crippen LogP) is 3.28. The van der Waals surface area contributed by atoms with E-state index < -0.39 is 0 Å². The van der Waals surface area contributed by atoms with Crippen LogP contribution in [-0.4, -0.2) is 12.7 Å². The number of nitrogens with zero attached hydrogens (tertiary/aromatic N) is 1. The van der Waals surface area contributed by atoms with Crippen molar-refractivity contribution < 1.29 is 4.74 Å². The summed E-state index contributed by atoms with van der Waals surface area (Å²) in [6, 6.07) is 2.15. The standard InChI is InChI=1S/C13H21NO/c1-3-5-7-8-9-11-15-13(12-14)10-6-4-2/h13H,3-7,10-11H2,1-2H3. The maximum atomic E-state index is 8.77. The van der Waals surface area contributed by atoms with Crippen LogP contribution in [-0.2, 0) is 4.74 Å². The van der Waals surface area contributed by atoms with Gasteiger partial charge in [-0.2, -0.15) is 5.26 Å². The lowest BCUT2D eigenvalue weighted by Gasteiger charge is -2.06. The van der Waals surface area contributed by atoms with Crippen LogP contribution in [0.3, 0.4) is 0 Å². The van der Waals surface area contributed by atoms with E-state index in [4.69, 9.17) is 10.00 Å². The summed E-state index contributed by atoms with van der Waals surface area (Å²) in [6.07, 6.45) is 5.95. The van der Waals surface area contributed by atoms with E-state index in [0.717, 1.165) is 32.1 Å². The summed E-state index contributed by atoms with van der Waals surface area (Å²) in [5.41, 5.74) is 0. The summed E-state index contributed by atoms with van der Waals surface area (Å²) in [5, 5.41) is 8.77. The summed E-state index contributed by atoms with van der Waals surface area (Å²) in [6.45, 7) is 4.65. The van der Waals surface area contributed by atoms with E-state index in [1.807, 2.05) is 0 Å². The molecule has 1 unspecified atom stereocenters. The predicted molar refractivity (Wildman–Crippen MR) is 62.2 cm³/mol. The molecular weight excluding hydrogens is 186 g/mol. The number of unbranched alkanes of at least 4 members (excludes halogenated alkanes) is 3. The van der Waals surface area contributed by atoms with Crippen LogP contribution < -0.4 is 0 Å². The first-order valence-electron chi connectivity index (χ1n) is 5.82. The van der Waals surface area contributed by atoms with E-state index in [1.165, 1.54) is 6.42 Å². The van der Waals surface area contributed by atoms with Crippen LogP contribution in [0.4, 0.5) is 0 Å². The molecule has 0 bridgehead atoms. The van der Waals surface area contributed by atoms with Gasteiger partial charge in [-0.25, -0.2) is 0 Å². The average molecular weight is 207 g/mol. The molecule has 0 aromatic rings. The molecule has 0 saturated carbocycles. The Hall–Kier alpha value is -0.990. The highest BCUT2D eigenvalue weighted by molar-refractivity contribution is 4.99. The van der Waals surface area contributed by atoms with Crippen molar-refractivity contribution in [3.63, 3.8) is 0 Å². The summed E-state index contributed by atoms with van der Waals surface area (Å²) in [5.74, 6) is 5.98. The molecule has 0 N–H and O–H groups in total. The van der Waals surface area contributed by atoms with E-state index in [2.05, 4.69) is 31.8 Å². The number of hydrogen-bond acceptors (Lipinski definition) is 2. The molecule has 0 fully saturated rings. The smallest absolute Gasteiger partial charge is 0.145 e. The second kappa shape index (κ2) is 11.1. The van der Waals surface area contributed by atoms with Crippen molar-refractivity contribution >= 4 is 0 Å². The molecule has 1 atom stereocenters. The van der Waals surface area contributed by atoms with Gasteiger partial charge in [0.1, 0.15) is 12.7 Å². The Balaban J connectivity index is 3.52. The molecule has 0 aliphatic carbocycles. The molecule has 0 aromatic carbocycles. The molecule has 0 aliphatic heterocycles. The molecule has 0 amide bonds. The van der Waals surface area contributed by atoms with Gasteiger partial charge in [0.15, 0.2) is 0 Å². The first kappa shape index (κ1) is 14.0. The SMILES string of the molecule is CCCCC#CCOC(C#N)CCCC. The van der Waals surface area contributed by atoms with Crippen molar-refractivity contribution in [2.75, 3.05) is 6.61 Å². The van der Waals surface area contributed by atoms with Gasteiger partial charge in [0.25, 0.3) is 0 Å². The quantitative estimate of drug-likeness (QED) is 0.474. The zero-order chi connectivity index (χ0) is 11.4. The molecule has 0 aliphatic rings. The van der Waals surface area contributed by atoms with E-state index in [0.29, 0.717) is 6.61 Å². The van der Waals surface area contributed by atoms with E-state index >= 15 is 0 Å². The highest BCUT2D eigenvalue weighted by Crippen LogP contribution is 2.03. The zero-order valence-electron chi connectivity index (χ0n) is 9.88. The van der Waals surface area contributed by atoms with Gasteiger partial charge in [-0.15, -0.1) is 5.92 Å². The number of nitriles is 1. The van der Waals surface area contributed by atoms with Crippen LogP contribution in [0.5, 0.6) is 0 Å². The minimum Gasteiger partial charge on any atom is -0.351 e. The lowest BCUT2D eigenvalue weighted by atomic mass is 10.2. The van der Waals surface area contributed by atoms with Crippen LogP contribution in [0.1, 0.15) is 52.4 Å². The van der Waals surface area contributed by atoms with E-state index in [1.54, 1.807) is 0 Å². The Kier molecular flexibility index (Phi) is 10.4. The van der Waals surface area contributed by atoms with Crippen molar-refractivity contribution in [3.05, 3.63) is 0 Å². The topological polar surface area (TPSA) is 33.0 Å². The van der Waals surface area contributed by atoms with Gasteiger partial charge in [0, 0.05) is 6.42 Å². The fourth-order valence-corrected chi connectivity index (χ4v) is 1.12. The zero-order valence-corrected chi connectivity index (χ0v) is 9.88. The highest BCUT2D eigenvalue weighted by atomic mass is 16.5. The van der Waals surface area contributed by atoms with Gasteiger partial charge in [-0.1, -0.05) is 39.0 Å². The molecule has 0 heterocycles. The summed E-state index contributed by atoms with van der Waals surface area (Å²) in [7, 11) is 0. The lowest BCUT2D eigenvalue weighted by molar-refractivity contribution is 0.110. The van der Waals surface area contributed by atoms with Gasteiger partial charge < -0.3 is 4.74 Å². The average Bonchev–Trinajstić information content (AvgIpc) is 2.27. The van der Waals surface area contributed by atoms with Crippen LogP contribution in [0, 0.1) is 23.2 Å². The fraction of sp³-hybridized carbons (Fsp3) is 0.769. The third-order valence-electron chi connectivity index (χ3n) is 2.10. The van der Waals surface area contributed by atoms with Gasteiger partial charge >= 0.3 is 0 Å². The highest BCUT2D eigenvalue weighted by Gasteiger charge is 2.04. The Morgan fingerprint density at radius 1 is 1.13 bits per heavy atom. The van der Waals surface area contributed by atoms with Gasteiger partial charge in [-0.05, 0) is 12.8 Å². The second-order valence-corrected chi connectivity index (χ2v) is 3.53. The molecule has 0 spiro atoms. The Morgan fingerprint density at radius 2 is 1.87 bits per heavy atom. The molecule has 0 aromatic heterocycles. The normalized spacial score (nSPS) is 11.3. The van der Waals surface area contributed by atoms with Crippen LogP contribution in [0.25, 0.3) is 0 Å². The molecule has 0 saturated heterocycles. The first-order valence-corrected chi connectivity index (χ1v) is 5.82. The minimum absolute atomic E-state index is 0.273. The summed E-state index contributed by atoms with van der Waals surface area (Å²) >= 11 is 0. The van der Waals surface area contributed by atoms with Crippen molar-refractivity contribution in [1.29, 1.82) is 5.26 Å². The van der Waals surface area contributed by atoms with Gasteiger partial charge in [0.05, 0.1) is 6.07 Å². The molecule has 0 rings (SSSR count). The number of hydrogen-bond donors (Lipinski definition) is 0. The Bertz CT molecular complexity index is 231. The van der Waals surface area contributed by atoms with Gasteiger partial charge in [-0.3, -0.25) is 0 Å². The third kappa shape index (κ3) is 9.32. The number of rotatable bonds is 7. The van der Waals surface area contributed by atoms with Crippen molar-refractivity contribution in [3.8, 4) is 17.9 Å². The minimum atomic E-state index is -0.273. The fourth-order valence-electron chi connectivity index (χ4n) is 1.12. The lowest BCUT2D eigenvalue weighted by Crippen LogP contribution is -2.10. The third-order valence-corrected chi connectivity index (χ3v) is 2.10. The van der Waals surface area contributed by atoms with E-state index in [-0.39, 0.29) is 6.10 Å². The monoisotopic (exact) mass is 207 g/mol. The Morgan fingerprint density at radius 3 is 2.47 bits per heavy atom. The maximum Gasteiger partial charge on any atom is 0.145 e. The Labute approximate surface area is 93.6 Å².